The number of nitrogens with zero attached hydrogens (tertiary/aromatic N) is 4. The zero-order valence-electron chi connectivity index (χ0n) is 9.52. The first kappa shape index (κ1) is 10.6. The van der Waals surface area contributed by atoms with E-state index in [-0.39, 0.29) is 5.91 Å². The highest BCUT2D eigenvalue weighted by molar-refractivity contribution is 5.88. The first-order valence-electron chi connectivity index (χ1n) is 5.56. The van der Waals surface area contributed by atoms with Crippen molar-refractivity contribution in [3.05, 3.63) is 54.5 Å². The zero-order valence-corrected chi connectivity index (χ0v) is 9.52. The molecule has 0 fully saturated rings. The van der Waals surface area contributed by atoms with E-state index in [2.05, 4.69) is 15.1 Å². The van der Waals surface area contributed by atoms with Crippen molar-refractivity contribution in [2.45, 2.75) is 6.42 Å². The maximum atomic E-state index is 12.1. The van der Waals surface area contributed by atoms with Crippen molar-refractivity contribution >= 4 is 17.1 Å². The topological polar surface area (TPSA) is 60.7 Å². The van der Waals surface area contributed by atoms with Gasteiger partial charge in [-0.05, 0) is 5.56 Å². The fourth-order valence-electron chi connectivity index (χ4n) is 1.79. The molecule has 0 amide bonds. The second-order valence-electron chi connectivity index (χ2n) is 3.88. The second kappa shape index (κ2) is 4.37. The van der Waals surface area contributed by atoms with Crippen LogP contribution in [0, 0.1) is 0 Å². The lowest BCUT2D eigenvalue weighted by Crippen LogP contribution is -2.15. The Morgan fingerprint density at radius 3 is 2.72 bits per heavy atom. The van der Waals surface area contributed by atoms with Gasteiger partial charge in [0.1, 0.15) is 5.52 Å². The van der Waals surface area contributed by atoms with Crippen LogP contribution in [0.25, 0.3) is 11.2 Å². The van der Waals surface area contributed by atoms with Gasteiger partial charge in [-0.3, -0.25) is 4.79 Å². The third-order valence-corrected chi connectivity index (χ3v) is 2.64. The maximum absolute atomic E-state index is 12.1. The SMILES string of the molecule is O=C(Cc1ccccc1)n1ncc2nccnc21. The first-order chi connectivity index (χ1) is 8.84. The molecule has 5 heteroatoms. The van der Waals surface area contributed by atoms with E-state index >= 15 is 0 Å². The minimum absolute atomic E-state index is 0.114. The van der Waals surface area contributed by atoms with E-state index < -0.39 is 0 Å². The number of fused-ring (bicyclic) bond motifs is 1. The van der Waals surface area contributed by atoms with Crippen LogP contribution in [0.1, 0.15) is 10.4 Å². The predicted molar refractivity (Wildman–Crippen MR) is 66.1 cm³/mol. The normalized spacial score (nSPS) is 10.7. The molecular weight excluding hydrogens is 228 g/mol. The fourth-order valence-corrected chi connectivity index (χ4v) is 1.79. The van der Waals surface area contributed by atoms with E-state index in [4.69, 9.17) is 0 Å². The van der Waals surface area contributed by atoms with E-state index in [0.29, 0.717) is 17.6 Å². The maximum Gasteiger partial charge on any atom is 0.253 e. The molecule has 0 bridgehead atoms. The average Bonchev–Trinajstić information content (AvgIpc) is 2.84. The highest BCUT2D eigenvalue weighted by Gasteiger charge is 2.12. The highest BCUT2D eigenvalue weighted by atomic mass is 16.2. The van der Waals surface area contributed by atoms with Crippen LogP contribution in [-0.4, -0.2) is 25.7 Å². The zero-order chi connectivity index (χ0) is 12.4. The summed E-state index contributed by atoms with van der Waals surface area (Å²) in [6, 6.07) is 9.56. The number of rotatable bonds is 2. The molecule has 1 aromatic carbocycles. The third kappa shape index (κ3) is 1.86. The van der Waals surface area contributed by atoms with Gasteiger partial charge in [0.15, 0.2) is 5.65 Å². The number of hydrogen-bond acceptors (Lipinski definition) is 4. The van der Waals surface area contributed by atoms with Gasteiger partial charge in [0.25, 0.3) is 5.91 Å². The molecule has 3 rings (SSSR count). The van der Waals surface area contributed by atoms with Crippen molar-refractivity contribution in [3.63, 3.8) is 0 Å². The lowest BCUT2D eigenvalue weighted by molar-refractivity contribution is 0.0903. The first-order valence-corrected chi connectivity index (χ1v) is 5.56. The molecule has 0 saturated heterocycles. The summed E-state index contributed by atoms with van der Waals surface area (Å²) in [6.45, 7) is 0. The van der Waals surface area contributed by atoms with E-state index in [1.165, 1.54) is 4.68 Å². The molecule has 0 aliphatic rings. The lowest BCUT2D eigenvalue weighted by Gasteiger charge is -2.01. The van der Waals surface area contributed by atoms with E-state index in [1.54, 1.807) is 18.6 Å². The van der Waals surface area contributed by atoms with Crippen LogP contribution in [0.5, 0.6) is 0 Å². The number of carbonyl (C=O) groups is 1. The van der Waals surface area contributed by atoms with Crippen LogP contribution >= 0.6 is 0 Å². The molecule has 3 aromatic rings. The van der Waals surface area contributed by atoms with Gasteiger partial charge < -0.3 is 0 Å². The summed E-state index contributed by atoms with van der Waals surface area (Å²) >= 11 is 0. The van der Waals surface area contributed by atoms with Crippen molar-refractivity contribution in [2.24, 2.45) is 0 Å². The molecule has 18 heavy (non-hydrogen) atoms. The number of carbonyl (C=O) groups excluding carboxylic acids is 1. The number of benzene rings is 1. The Labute approximate surface area is 103 Å². The van der Waals surface area contributed by atoms with Crippen molar-refractivity contribution in [1.82, 2.24) is 19.7 Å². The van der Waals surface area contributed by atoms with Gasteiger partial charge in [0.2, 0.25) is 0 Å². The second-order valence-corrected chi connectivity index (χ2v) is 3.88. The van der Waals surface area contributed by atoms with Gasteiger partial charge in [0.05, 0.1) is 12.6 Å². The van der Waals surface area contributed by atoms with Crippen molar-refractivity contribution in [3.8, 4) is 0 Å². The van der Waals surface area contributed by atoms with Gasteiger partial charge in [-0.2, -0.15) is 9.78 Å². The third-order valence-electron chi connectivity index (χ3n) is 2.64. The summed E-state index contributed by atoms with van der Waals surface area (Å²) in [5.41, 5.74) is 2.08. The molecule has 0 radical (unpaired) electrons. The molecule has 0 atom stereocenters. The van der Waals surface area contributed by atoms with Crippen LogP contribution < -0.4 is 0 Å². The summed E-state index contributed by atoms with van der Waals surface area (Å²) in [7, 11) is 0. The van der Waals surface area contributed by atoms with Crippen molar-refractivity contribution in [2.75, 3.05) is 0 Å². The van der Waals surface area contributed by atoms with Crippen LogP contribution in [0.2, 0.25) is 0 Å². The molecule has 5 nitrogen and oxygen atoms in total. The lowest BCUT2D eigenvalue weighted by atomic mass is 10.1. The van der Waals surface area contributed by atoms with Gasteiger partial charge in [-0.15, -0.1) is 0 Å². The number of hydrogen-bond donors (Lipinski definition) is 0. The van der Waals surface area contributed by atoms with Crippen LogP contribution in [0.4, 0.5) is 0 Å². The number of aromatic nitrogens is 4. The standard InChI is InChI=1S/C13H10N4O/c18-12(8-10-4-2-1-3-5-10)17-13-11(9-16-17)14-6-7-15-13/h1-7,9H,8H2. The minimum Gasteiger partial charge on any atom is -0.272 e. The molecular formula is C13H10N4O. The fraction of sp³-hybridized carbons (Fsp3) is 0.0769. The smallest absolute Gasteiger partial charge is 0.253 e. The Kier molecular flexibility index (Phi) is 2.57. The van der Waals surface area contributed by atoms with Gasteiger partial charge in [-0.25, -0.2) is 9.97 Å². The largest absolute Gasteiger partial charge is 0.272 e. The average molecular weight is 238 g/mol. The van der Waals surface area contributed by atoms with Crippen LogP contribution in [-0.2, 0) is 6.42 Å². The summed E-state index contributed by atoms with van der Waals surface area (Å²) in [4.78, 5) is 20.3. The molecule has 0 aliphatic carbocycles. The molecule has 0 unspecified atom stereocenters. The molecule has 0 aliphatic heterocycles. The highest BCUT2D eigenvalue weighted by Crippen LogP contribution is 2.08. The van der Waals surface area contributed by atoms with Gasteiger partial charge in [-0.1, -0.05) is 30.3 Å². The Morgan fingerprint density at radius 1 is 1.11 bits per heavy atom. The van der Waals surface area contributed by atoms with E-state index in [9.17, 15) is 4.79 Å². The quantitative estimate of drug-likeness (QED) is 0.682. The molecule has 0 spiro atoms. The summed E-state index contributed by atoms with van der Waals surface area (Å²) in [5.74, 6) is -0.114. The van der Waals surface area contributed by atoms with Crippen LogP contribution in [0.15, 0.2) is 48.9 Å². The monoisotopic (exact) mass is 238 g/mol. The summed E-state index contributed by atoms with van der Waals surface area (Å²) < 4.78 is 1.30. The van der Waals surface area contributed by atoms with E-state index in [0.717, 1.165) is 5.56 Å². The Balaban J connectivity index is 1.93. The Hall–Kier alpha value is -2.56. The predicted octanol–water partition coefficient (Wildman–Crippen LogP) is 1.71. The van der Waals surface area contributed by atoms with Crippen molar-refractivity contribution in [1.29, 1.82) is 0 Å². The van der Waals surface area contributed by atoms with E-state index in [1.807, 2.05) is 30.3 Å². The molecule has 0 saturated carbocycles. The molecule has 2 aromatic heterocycles. The van der Waals surface area contributed by atoms with Crippen molar-refractivity contribution < 1.29 is 4.79 Å². The Bertz CT molecular complexity index is 690. The summed E-state index contributed by atoms with van der Waals surface area (Å²) in [6.07, 6.45) is 4.98. The van der Waals surface area contributed by atoms with Crippen LogP contribution in [0.3, 0.4) is 0 Å². The summed E-state index contributed by atoms with van der Waals surface area (Å²) in [5, 5.41) is 4.03. The Morgan fingerprint density at radius 2 is 1.89 bits per heavy atom. The molecule has 2 heterocycles. The molecule has 88 valence electrons. The van der Waals surface area contributed by atoms with Gasteiger partial charge in [0, 0.05) is 12.4 Å². The van der Waals surface area contributed by atoms with Gasteiger partial charge >= 0.3 is 0 Å². The molecule has 0 N–H and O–H groups in total. The minimum atomic E-state index is -0.114.